The molecular weight excluding hydrogens is 312 g/mol. The summed E-state index contributed by atoms with van der Waals surface area (Å²) in [5, 5.41) is 3.48. The van der Waals surface area contributed by atoms with Crippen molar-refractivity contribution < 1.29 is 8.42 Å². The van der Waals surface area contributed by atoms with Gasteiger partial charge in [0.05, 0.1) is 11.4 Å². The number of aromatic nitrogens is 3. The van der Waals surface area contributed by atoms with Crippen LogP contribution in [-0.2, 0) is 15.8 Å². The summed E-state index contributed by atoms with van der Waals surface area (Å²) in [6.07, 6.45) is 3.09. The number of fused-ring (bicyclic) bond motifs is 1. The standard InChI is InChI=1S/C16H16N4O2S/c1-3-14-13-9-10-20(15(13)19-16(17-2)18-14)23(21,22)11-12-7-5-4-6-8-12/h3-10H,1,11H2,2H3,(H,17,18,19). The zero-order chi connectivity index (χ0) is 16.4. The molecule has 23 heavy (non-hydrogen) atoms. The van der Waals surface area contributed by atoms with Gasteiger partial charge < -0.3 is 5.32 Å². The Morgan fingerprint density at radius 1 is 1.22 bits per heavy atom. The molecule has 2 heterocycles. The molecule has 0 fully saturated rings. The van der Waals surface area contributed by atoms with Crippen LogP contribution in [0.5, 0.6) is 0 Å². The lowest BCUT2D eigenvalue weighted by molar-refractivity contribution is 0.588. The Hall–Kier alpha value is -2.67. The van der Waals surface area contributed by atoms with Crippen LogP contribution in [0, 0.1) is 0 Å². The Bertz CT molecular complexity index is 962. The quantitative estimate of drug-likeness (QED) is 0.778. The molecule has 3 rings (SSSR count). The molecule has 0 aliphatic heterocycles. The van der Waals surface area contributed by atoms with Crippen LogP contribution in [0.2, 0.25) is 0 Å². The van der Waals surface area contributed by atoms with Crippen LogP contribution in [0.25, 0.3) is 17.1 Å². The van der Waals surface area contributed by atoms with Gasteiger partial charge in [0.25, 0.3) is 0 Å². The van der Waals surface area contributed by atoms with E-state index < -0.39 is 10.0 Å². The van der Waals surface area contributed by atoms with E-state index in [2.05, 4.69) is 21.9 Å². The highest BCUT2D eigenvalue weighted by molar-refractivity contribution is 7.89. The Balaban J connectivity index is 2.14. The van der Waals surface area contributed by atoms with Gasteiger partial charge in [0.2, 0.25) is 16.0 Å². The highest BCUT2D eigenvalue weighted by Gasteiger charge is 2.19. The summed E-state index contributed by atoms with van der Waals surface area (Å²) >= 11 is 0. The number of hydrogen-bond acceptors (Lipinski definition) is 5. The fourth-order valence-electron chi connectivity index (χ4n) is 2.36. The van der Waals surface area contributed by atoms with Gasteiger partial charge in [0.1, 0.15) is 0 Å². The lowest BCUT2D eigenvalue weighted by Crippen LogP contribution is -2.15. The summed E-state index contributed by atoms with van der Waals surface area (Å²) in [5.74, 6) is 0.252. The minimum atomic E-state index is -3.58. The maximum atomic E-state index is 12.7. The van der Waals surface area contributed by atoms with Crippen molar-refractivity contribution in [2.75, 3.05) is 12.4 Å². The number of nitrogens with one attached hydrogen (secondary N) is 1. The molecule has 0 amide bonds. The molecule has 0 unspecified atom stereocenters. The van der Waals surface area contributed by atoms with Crippen molar-refractivity contribution in [1.29, 1.82) is 0 Å². The van der Waals surface area contributed by atoms with Crippen LogP contribution in [0.4, 0.5) is 5.95 Å². The van der Waals surface area contributed by atoms with E-state index in [1.165, 1.54) is 10.2 Å². The van der Waals surface area contributed by atoms with Gasteiger partial charge in [-0.15, -0.1) is 0 Å². The molecule has 1 N–H and O–H groups in total. The first-order chi connectivity index (χ1) is 11.0. The number of anilines is 1. The zero-order valence-electron chi connectivity index (χ0n) is 12.6. The van der Waals surface area contributed by atoms with E-state index in [9.17, 15) is 8.42 Å². The SMILES string of the molecule is C=Cc1nc(NC)nc2c1ccn2S(=O)(=O)Cc1ccccc1. The minimum Gasteiger partial charge on any atom is -0.357 e. The lowest BCUT2D eigenvalue weighted by Gasteiger charge is -2.08. The maximum Gasteiger partial charge on any atom is 0.244 e. The fraction of sp³-hybridized carbons (Fsp3) is 0.125. The van der Waals surface area contributed by atoms with Crippen LogP contribution in [-0.4, -0.2) is 29.4 Å². The summed E-state index contributed by atoms with van der Waals surface area (Å²) in [6.45, 7) is 3.72. The molecule has 118 valence electrons. The Kier molecular flexibility index (Phi) is 3.87. The Morgan fingerprint density at radius 2 is 1.96 bits per heavy atom. The van der Waals surface area contributed by atoms with Gasteiger partial charge in [-0.3, -0.25) is 0 Å². The van der Waals surface area contributed by atoms with Gasteiger partial charge in [-0.1, -0.05) is 36.9 Å². The van der Waals surface area contributed by atoms with Gasteiger partial charge in [-0.2, -0.15) is 4.98 Å². The van der Waals surface area contributed by atoms with E-state index in [4.69, 9.17) is 0 Å². The first-order valence-electron chi connectivity index (χ1n) is 7.01. The van der Waals surface area contributed by atoms with Gasteiger partial charge in [-0.25, -0.2) is 17.4 Å². The van der Waals surface area contributed by atoms with Crippen LogP contribution in [0.1, 0.15) is 11.3 Å². The first kappa shape index (κ1) is 15.2. The molecule has 0 spiro atoms. The summed E-state index contributed by atoms with van der Waals surface area (Å²) in [6, 6.07) is 10.7. The number of hydrogen-bond donors (Lipinski definition) is 1. The second-order valence-electron chi connectivity index (χ2n) is 4.98. The van der Waals surface area contributed by atoms with Gasteiger partial charge in [0, 0.05) is 18.6 Å². The van der Waals surface area contributed by atoms with Crippen molar-refractivity contribution in [3.05, 3.63) is 60.4 Å². The molecule has 0 aliphatic rings. The van der Waals surface area contributed by atoms with E-state index in [0.717, 1.165) is 5.56 Å². The van der Waals surface area contributed by atoms with Gasteiger partial charge >= 0.3 is 0 Å². The maximum absolute atomic E-state index is 12.7. The third kappa shape index (κ3) is 2.83. The molecule has 7 heteroatoms. The topological polar surface area (TPSA) is 76.9 Å². The summed E-state index contributed by atoms with van der Waals surface area (Å²) in [4.78, 5) is 8.55. The van der Waals surface area contributed by atoms with Crippen molar-refractivity contribution in [2.24, 2.45) is 0 Å². The Labute approximate surface area is 134 Å². The monoisotopic (exact) mass is 328 g/mol. The molecule has 0 atom stereocenters. The molecule has 1 aromatic carbocycles. The van der Waals surface area contributed by atoms with E-state index >= 15 is 0 Å². The van der Waals surface area contributed by atoms with Crippen LogP contribution >= 0.6 is 0 Å². The number of benzene rings is 1. The van der Waals surface area contributed by atoms with Gasteiger partial charge in [-0.05, 0) is 17.7 Å². The number of rotatable bonds is 5. The largest absolute Gasteiger partial charge is 0.357 e. The predicted molar refractivity (Wildman–Crippen MR) is 91.6 cm³/mol. The van der Waals surface area contributed by atoms with E-state index in [-0.39, 0.29) is 5.75 Å². The zero-order valence-corrected chi connectivity index (χ0v) is 13.4. The van der Waals surface area contributed by atoms with E-state index in [0.29, 0.717) is 22.7 Å². The first-order valence-corrected chi connectivity index (χ1v) is 8.62. The van der Waals surface area contributed by atoms with Crippen LogP contribution in [0.3, 0.4) is 0 Å². The summed E-state index contributed by atoms with van der Waals surface area (Å²) in [5.41, 5.74) is 1.66. The van der Waals surface area contributed by atoms with Crippen molar-refractivity contribution in [3.8, 4) is 0 Å². The second-order valence-corrected chi connectivity index (χ2v) is 6.82. The van der Waals surface area contributed by atoms with Gasteiger partial charge in [0.15, 0.2) is 5.65 Å². The molecule has 6 nitrogen and oxygen atoms in total. The molecule has 0 aliphatic carbocycles. The highest BCUT2D eigenvalue weighted by atomic mass is 32.2. The third-order valence-electron chi connectivity index (χ3n) is 3.45. The molecule has 0 radical (unpaired) electrons. The smallest absolute Gasteiger partial charge is 0.244 e. The van der Waals surface area contributed by atoms with E-state index in [1.54, 1.807) is 31.3 Å². The normalized spacial score (nSPS) is 11.5. The minimum absolute atomic E-state index is 0.0973. The average molecular weight is 328 g/mol. The average Bonchev–Trinajstić information content (AvgIpc) is 2.99. The van der Waals surface area contributed by atoms with Crippen molar-refractivity contribution >= 4 is 33.1 Å². The second kappa shape index (κ2) is 5.85. The fourth-order valence-corrected chi connectivity index (χ4v) is 3.76. The number of nitrogens with zero attached hydrogens (tertiary/aromatic N) is 3. The van der Waals surface area contributed by atoms with Crippen molar-refractivity contribution in [2.45, 2.75) is 5.75 Å². The predicted octanol–water partition coefficient (Wildman–Crippen LogP) is 2.49. The van der Waals surface area contributed by atoms with E-state index in [1.807, 2.05) is 18.2 Å². The molecule has 0 bridgehead atoms. The van der Waals surface area contributed by atoms with Crippen LogP contribution in [0.15, 0.2) is 49.2 Å². The molecule has 0 saturated carbocycles. The van der Waals surface area contributed by atoms with Crippen molar-refractivity contribution in [3.63, 3.8) is 0 Å². The van der Waals surface area contributed by atoms with Crippen molar-refractivity contribution in [1.82, 2.24) is 13.9 Å². The lowest BCUT2D eigenvalue weighted by atomic mass is 10.2. The third-order valence-corrected chi connectivity index (χ3v) is 5.04. The molecular formula is C16H16N4O2S. The molecule has 2 aromatic heterocycles. The summed E-state index contributed by atoms with van der Waals surface area (Å²) in [7, 11) is -1.90. The molecule has 0 saturated heterocycles. The Morgan fingerprint density at radius 3 is 2.61 bits per heavy atom. The van der Waals surface area contributed by atoms with Crippen LogP contribution < -0.4 is 5.32 Å². The molecule has 3 aromatic rings. The highest BCUT2D eigenvalue weighted by Crippen LogP contribution is 2.22. The summed E-state index contributed by atoms with van der Waals surface area (Å²) < 4.78 is 26.7.